The molecule has 0 fully saturated rings. The van der Waals surface area contributed by atoms with Gasteiger partial charge >= 0.3 is 0 Å². The first-order valence-corrected chi connectivity index (χ1v) is 14.9. The summed E-state index contributed by atoms with van der Waals surface area (Å²) in [6, 6.07) is 43.8. The summed E-state index contributed by atoms with van der Waals surface area (Å²) < 4.78 is 2.36. The van der Waals surface area contributed by atoms with Gasteiger partial charge in [0.05, 0.1) is 6.33 Å². The van der Waals surface area contributed by atoms with Crippen LogP contribution in [0.5, 0.6) is 0 Å². The molecule has 0 unspecified atom stereocenters. The molecular weight excluding hydrogens is 428 g/mol. The van der Waals surface area contributed by atoms with Gasteiger partial charge in [-0.3, -0.25) is 0 Å². The van der Waals surface area contributed by atoms with Crippen molar-refractivity contribution >= 4 is 13.4 Å². The summed E-state index contributed by atoms with van der Waals surface area (Å²) >= 11 is 0. The number of aromatic nitrogens is 2. The topological polar surface area (TPSA) is 17.8 Å². The third kappa shape index (κ3) is 3.27. The molecule has 0 amide bonds. The predicted molar refractivity (Wildman–Crippen MR) is 142 cm³/mol. The lowest BCUT2D eigenvalue weighted by Crippen LogP contribution is -2.48. The maximum atomic E-state index is 5.12. The molecule has 0 N–H and O–H groups in total. The van der Waals surface area contributed by atoms with Gasteiger partial charge in [-0.25, -0.2) is 4.98 Å². The van der Waals surface area contributed by atoms with Crippen LogP contribution >= 0.6 is 0 Å². The first-order chi connectivity index (χ1) is 16.7. The zero-order chi connectivity index (χ0) is 23.0. The molecule has 4 aromatic carbocycles. The molecule has 1 aliphatic heterocycles. The Bertz CT molecular complexity index is 1290. The van der Waals surface area contributed by atoms with E-state index in [1.54, 1.807) is 0 Å². The van der Waals surface area contributed by atoms with Crippen molar-refractivity contribution in [3.8, 4) is 0 Å². The average molecular weight is 457 g/mol. The van der Waals surface area contributed by atoms with E-state index < -0.39 is 13.6 Å². The monoisotopic (exact) mass is 456 g/mol. The Hall–Kier alpha value is -3.69. The maximum absolute atomic E-state index is 5.12. The first-order valence-electron chi connectivity index (χ1n) is 12.0. The fraction of sp³-hybridized carbons (Fsp3) is 0.129. The van der Waals surface area contributed by atoms with E-state index in [1.807, 2.05) is 0 Å². The summed E-state index contributed by atoms with van der Waals surface area (Å²) in [5.74, 6) is 0. The second kappa shape index (κ2) is 8.26. The normalized spacial score (nSPS) is 14.6. The molecule has 0 saturated heterocycles. The zero-order valence-corrected chi connectivity index (χ0v) is 20.4. The number of imidazole rings is 1. The number of rotatable bonds is 5. The van der Waals surface area contributed by atoms with Crippen LogP contribution in [0, 0.1) is 0 Å². The van der Waals surface area contributed by atoms with E-state index in [-0.39, 0.29) is 0 Å². The summed E-state index contributed by atoms with van der Waals surface area (Å²) in [7, 11) is -1.76. The van der Waals surface area contributed by atoms with Crippen LogP contribution in [0.4, 0.5) is 0 Å². The fourth-order valence-electron chi connectivity index (χ4n) is 5.79. The highest BCUT2D eigenvalue weighted by Crippen LogP contribution is 2.40. The molecule has 0 radical (unpaired) electrons. The SMILES string of the molecule is C[Si]1(c2cn(C(c3ccccc3)(c3ccccc3)c3ccccc3)cn2)Cc2ccccc2C1. The van der Waals surface area contributed by atoms with Crippen molar-refractivity contribution in [2.24, 2.45) is 0 Å². The summed E-state index contributed by atoms with van der Waals surface area (Å²) in [6.45, 7) is 2.49. The van der Waals surface area contributed by atoms with Crippen molar-refractivity contribution in [2.75, 3.05) is 0 Å². The average Bonchev–Trinajstić information content (AvgIpc) is 3.52. The number of hydrogen-bond donors (Lipinski definition) is 0. The molecule has 0 aliphatic carbocycles. The van der Waals surface area contributed by atoms with Crippen molar-refractivity contribution in [2.45, 2.75) is 24.2 Å². The molecule has 6 rings (SSSR count). The lowest BCUT2D eigenvalue weighted by molar-refractivity contribution is 0.515. The number of nitrogens with zero attached hydrogens (tertiary/aromatic N) is 2. The lowest BCUT2D eigenvalue weighted by Gasteiger charge is -2.37. The Morgan fingerprint density at radius 3 is 1.47 bits per heavy atom. The largest absolute Gasteiger partial charge is 0.319 e. The molecular formula is C31H28N2Si. The minimum atomic E-state index is -1.76. The quantitative estimate of drug-likeness (QED) is 0.238. The molecule has 34 heavy (non-hydrogen) atoms. The van der Waals surface area contributed by atoms with Gasteiger partial charge in [0, 0.05) is 11.5 Å². The Kier molecular flexibility index (Phi) is 5.08. The van der Waals surface area contributed by atoms with Crippen LogP contribution in [0.25, 0.3) is 0 Å². The summed E-state index contributed by atoms with van der Waals surface area (Å²) in [6.07, 6.45) is 4.43. The molecule has 5 aromatic rings. The van der Waals surface area contributed by atoms with Crippen LogP contribution < -0.4 is 5.32 Å². The number of hydrogen-bond acceptors (Lipinski definition) is 1. The first kappa shape index (κ1) is 20.9. The highest BCUT2D eigenvalue weighted by molar-refractivity contribution is 6.90. The second-order valence-electron chi connectivity index (χ2n) is 9.66. The molecule has 2 heterocycles. The molecule has 3 heteroatoms. The van der Waals surface area contributed by atoms with Gasteiger partial charge in [-0.15, -0.1) is 0 Å². The van der Waals surface area contributed by atoms with Crippen LogP contribution in [0.2, 0.25) is 6.55 Å². The molecule has 1 aliphatic rings. The van der Waals surface area contributed by atoms with E-state index in [1.165, 1.54) is 33.1 Å². The second-order valence-corrected chi connectivity index (χ2v) is 14.0. The Labute approximate surface area is 202 Å². The molecule has 2 nitrogen and oxygen atoms in total. The standard InChI is InChI=1S/C31H28N2Si/c1-34(22-25-13-11-12-14-26(25)23-34)30-21-33(24-32-30)31(27-15-5-2-6-16-27,28-17-7-3-8-18-28)29-19-9-4-10-20-29/h2-21,24H,22-23H2,1H3. The van der Waals surface area contributed by atoms with Gasteiger partial charge in [0.25, 0.3) is 0 Å². The van der Waals surface area contributed by atoms with Gasteiger partial charge in [-0.1, -0.05) is 122 Å². The molecule has 0 saturated carbocycles. The van der Waals surface area contributed by atoms with E-state index in [2.05, 4.69) is 139 Å². The third-order valence-corrected chi connectivity index (χ3v) is 11.3. The number of benzene rings is 4. The van der Waals surface area contributed by atoms with E-state index in [0.717, 1.165) is 12.1 Å². The van der Waals surface area contributed by atoms with Crippen LogP contribution in [-0.2, 0) is 17.6 Å². The third-order valence-electron chi connectivity index (χ3n) is 7.44. The lowest BCUT2D eigenvalue weighted by atomic mass is 9.77. The Balaban J connectivity index is 1.57. The van der Waals surface area contributed by atoms with Gasteiger partial charge in [-0.2, -0.15) is 0 Å². The van der Waals surface area contributed by atoms with Crippen LogP contribution in [-0.4, -0.2) is 17.6 Å². The van der Waals surface area contributed by atoms with Gasteiger partial charge in [-0.05, 0) is 39.9 Å². The van der Waals surface area contributed by atoms with Crippen molar-refractivity contribution in [3.05, 3.63) is 156 Å². The fourth-order valence-corrected chi connectivity index (χ4v) is 9.47. The highest BCUT2D eigenvalue weighted by atomic mass is 28.3. The van der Waals surface area contributed by atoms with Crippen molar-refractivity contribution in [1.82, 2.24) is 9.55 Å². The predicted octanol–water partition coefficient (Wildman–Crippen LogP) is 5.89. The van der Waals surface area contributed by atoms with Crippen LogP contribution in [0.3, 0.4) is 0 Å². The van der Waals surface area contributed by atoms with Gasteiger partial charge in [0.1, 0.15) is 13.6 Å². The molecule has 0 spiro atoms. The van der Waals surface area contributed by atoms with E-state index in [9.17, 15) is 0 Å². The van der Waals surface area contributed by atoms with Gasteiger partial charge < -0.3 is 4.57 Å². The summed E-state index contributed by atoms with van der Waals surface area (Å²) in [5.41, 5.74) is 6.22. The van der Waals surface area contributed by atoms with Gasteiger partial charge in [0.15, 0.2) is 0 Å². The minimum Gasteiger partial charge on any atom is -0.319 e. The van der Waals surface area contributed by atoms with E-state index in [4.69, 9.17) is 4.98 Å². The Morgan fingerprint density at radius 1 is 0.618 bits per heavy atom. The van der Waals surface area contributed by atoms with Crippen LogP contribution in [0.1, 0.15) is 27.8 Å². The van der Waals surface area contributed by atoms with E-state index in [0.29, 0.717) is 0 Å². The highest BCUT2D eigenvalue weighted by Gasteiger charge is 2.42. The zero-order valence-electron chi connectivity index (χ0n) is 19.4. The van der Waals surface area contributed by atoms with E-state index >= 15 is 0 Å². The maximum Gasteiger partial charge on any atom is 0.121 e. The molecule has 0 atom stereocenters. The minimum absolute atomic E-state index is 0.495. The van der Waals surface area contributed by atoms with Crippen molar-refractivity contribution in [3.63, 3.8) is 0 Å². The van der Waals surface area contributed by atoms with Gasteiger partial charge in [0.2, 0.25) is 0 Å². The number of fused-ring (bicyclic) bond motifs is 1. The molecule has 1 aromatic heterocycles. The smallest absolute Gasteiger partial charge is 0.121 e. The summed E-state index contributed by atoms with van der Waals surface area (Å²) in [5, 5.41) is 1.29. The summed E-state index contributed by atoms with van der Waals surface area (Å²) in [4.78, 5) is 5.12. The van der Waals surface area contributed by atoms with Crippen molar-refractivity contribution < 1.29 is 0 Å². The van der Waals surface area contributed by atoms with Crippen molar-refractivity contribution in [1.29, 1.82) is 0 Å². The Morgan fingerprint density at radius 2 is 1.03 bits per heavy atom. The molecule has 0 bridgehead atoms. The molecule has 166 valence electrons. The van der Waals surface area contributed by atoms with Crippen LogP contribution in [0.15, 0.2) is 128 Å².